The van der Waals surface area contributed by atoms with Crippen LogP contribution < -0.4 is 0 Å². The number of hydrogen-bond acceptors (Lipinski definition) is 4. The minimum atomic E-state index is -4.64. The van der Waals surface area contributed by atoms with Crippen molar-refractivity contribution in [1.29, 1.82) is 0 Å². The highest BCUT2D eigenvalue weighted by atomic mass is 31.2. The summed E-state index contributed by atoms with van der Waals surface area (Å²) in [6, 6.07) is 0. The van der Waals surface area contributed by atoms with Crippen molar-refractivity contribution in [2.45, 2.75) is 0 Å². The van der Waals surface area contributed by atoms with Gasteiger partial charge in [0.2, 0.25) is 0 Å². The van der Waals surface area contributed by atoms with Crippen molar-refractivity contribution in [1.82, 2.24) is 0 Å². The van der Waals surface area contributed by atoms with Crippen molar-refractivity contribution >= 4 is 19.6 Å². The summed E-state index contributed by atoms with van der Waals surface area (Å²) in [6.07, 6.45) is 0. The SMILES string of the molecule is O=C(O)C(=O)CO.O=P(O)(O)O. The maximum atomic E-state index is 9.66. The fraction of sp³-hybridized carbons (Fsp3) is 0.333. The Morgan fingerprint density at radius 1 is 1.17 bits per heavy atom. The van der Waals surface area contributed by atoms with E-state index >= 15 is 0 Å². The molecule has 0 aromatic heterocycles. The van der Waals surface area contributed by atoms with Crippen molar-refractivity contribution in [3.05, 3.63) is 0 Å². The molecular formula is C3H7O8P. The number of phosphoric acid groups is 1. The lowest BCUT2D eigenvalue weighted by atomic mass is 10.4. The molecule has 0 saturated heterocycles. The minimum Gasteiger partial charge on any atom is -0.475 e. The van der Waals surface area contributed by atoms with Gasteiger partial charge in [-0.1, -0.05) is 0 Å². The van der Waals surface area contributed by atoms with Crippen molar-refractivity contribution in [3.63, 3.8) is 0 Å². The summed E-state index contributed by atoms with van der Waals surface area (Å²) >= 11 is 0. The Hall–Kier alpha value is -0.790. The molecule has 0 radical (unpaired) electrons. The van der Waals surface area contributed by atoms with E-state index in [1.165, 1.54) is 0 Å². The van der Waals surface area contributed by atoms with Gasteiger partial charge in [-0.3, -0.25) is 4.79 Å². The van der Waals surface area contributed by atoms with Gasteiger partial charge in [0.25, 0.3) is 5.78 Å². The zero-order valence-corrected chi connectivity index (χ0v) is 6.51. The van der Waals surface area contributed by atoms with Gasteiger partial charge in [0, 0.05) is 0 Å². The third-order valence-electron chi connectivity index (χ3n) is 0.382. The van der Waals surface area contributed by atoms with E-state index in [-0.39, 0.29) is 0 Å². The van der Waals surface area contributed by atoms with E-state index in [0.29, 0.717) is 0 Å². The third-order valence-corrected chi connectivity index (χ3v) is 0.382. The number of ketones is 1. The van der Waals surface area contributed by atoms with Gasteiger partial charge in [-0.25, -0.2) is 9.36 Å². The predicted octanol–water partition coefficient (Wildman–Crippen LogP) is -2.30. The van der Waals surface area contributed by atoms with Crippen LogP contribution in [0, 0.1) is 0 Å². The first-order valence-corrected chi connectivity index (χ1v) is 3.90. The van der Waals surface area contributed by atoms with E-state index in [1.54, 1.807) is 0 Å². The number of rotatable bonds is 2. The van der Waals surface area contributed by atoms with E-state index in [0.717, 1.165) is 0 Å². The zero-order chi connectivity index (χ0) is 10.4. The molecule has 0 bridgehead atoms. The Morgan fingerprint density at radius 3 is 1.42 bits per heavy atom. The van der Waals surface area contributed by atoms with E-state index in [9.17, 15) is 9.59 Å². The Balaban J connectivity index is 0. The number of carboxylic acid groups (broad SMARTS) is 1. The number of aliphatic hydroxyl groups is 1. The number of carbonyl (C=O) groups is 2. The van der Waals surface area contributed by atoms with E-state index in [1.807, 2.05) is 0 Å². The topological polar surface area (TPSA) is 152 Å². The second kappa shape index (κ2) is 5.81. The first kappa shape index (κ1) is 13.8. The maximum absolute atomic E-state index is 9.66. The number of carbonyl (C=O) groups excluding carboxylic acids is 1. The number of aliphatic carboxylic acids is 1. The monoisotopic (exact) mass is 202 g/mol. The average molecular weight is 202 g/mol. The Bertz CT molecular complexity index is 194. The molecule has 8 nitrogen and oxygen atoms in total. The van der Waals surface area contributed by atoms with E-state index in [4.69, 9.17) is 29.5 Å². The summed E-state index contributed by atoms with van der Waals surface area (Å²) in [4.78, 5) is 40.6. The molecule has 0 aliphatic heterocycles. The number of aliphatic hydroxyl groups excluding tert-OH is 1. The largest absolute Gasteiger partial charge is 0.475 e. The van der Waals surface area contributed by atoms with Crippen LogP contribution in [-0.2, 0) is 14.2 Å². The fourth-order valence-electron chi connectivity index (χ4n) is 0.0676. The van der Waals surface area contributed by atoms with Crippen molar-refractivity contribution < 1.29 is 39.0 Å². The fourth-order valence-corrected chi connectivity index (χ4v) is 0.0676. The molecule has 72 valence electrons. The van der Waals surface area contributed by atoms with Gasteiger partial charge >= 0.3 is 13.8 Å². The summed E-state index contributed by atoms with van der Waals surface area (Å²) in [5.41, 5.74) is 0. The Kier molecular flexibility index (Phi) is 6.67. The maximum Gasteiger partial charge on any atom is 0.466 e. The molecule has 0 aromatic rings. The van der Waals surface area contributed by atoms with Gasteiger partial charge in [-0.2, -0.15) is 0 Å². The standard InChI is InChI=1S/C3H4O4.H3O4P/c4-1-2(5)3(6)7;1-5(2,3)4/h4H,1H2,(H,6,7);(H3,1,2,3,4). The van der Waals surface area contributed by atoms with Crippen LogP contribution in [0.4, 0.5) is 0 Å². The van der Waals surface area contributed by atoms with Gasteiger partial charge in [0.1, 0.15) is 6.61 Å². The lowest BCUT2D eigenvalue weighted by Crippen LogP contribution is -2.15. The molecule has 0 aliphatic carbocycles. The molecule has 0 saturated carbocycles. The number of hydrogen-bond donors (Lipinski definition) is 5. The average Bonchev–Trinajstić information content (AvgIpc) is 1.82. The normalized spacial score (nSPS) is 9.67. The van der Waals surface area contributed by atoms with Gasteiger partial charge < -0.3 is 24.9 Å². The molecule has 0 atom stereocenters. The van der Waals surface area contributed by atoms with Crippen LogP contribution in [0.3, 0.4) is 0 Å². The first-order chi connectivity index (χ1) is 5.18. The van der Waals surface area contributed by atoms with Crippen LogP contribution in [0.15, 0.2) is 0 Å². The molecule has 12 heavy (non-hydrogen) atoms. The molecule has 0 aliphatic rings. The van der Waals surface area contributed by atoms with Crippen LogP contribution in [0.1, 0.15) is 0 Å². The second-order valence-electron chi connectivity index (χ2n) is 1.40. The van der Waals surface area contributed by atoms with E-state index in [2.05, 4.69) is 0 Å². The van der Waals surface area contributed by atoms with Crippen LogP contribution >= 0.6 is 7.82 Å². The van der Waals surface area contributed by atoms with Crippen LogP contribution in [0.5, 0.6) is 0 Å². The minimum absolute atomic E-state index is 0.921. The molecule has 0 rings (SSSR count). The molecule has 0 aromatic carbocycles. The van der Waals surface area contributed by atoms with Crippen molar-refractivity contribution in [3.8, 4) is 0 Å². The second-order valence-corrected chi connectivity index (χ2v) is 2.43. The van der Waals surface area contributed by atoms with E-state index < -0.39 is 26.2 Å². The molecule has 0 spiro atoms. The molecule has 0 unspecified atom stereocenters. The number of carboxylic acids is 1. The number of Topliss-reactive ketones (excluding diaryl/α,β-unsaturated/α-hetero) is 1. The lowest BCUT2D eigenvalue weighted by molar-refractivity contribution is -0.150. The lowest BCUT2D eigenvalue weighted by Gasteiger charge is -1.82. The van der Waals surface area contributed by atoms with Crippen molar-refractivity contribution in [2.24, 2.45) is 0 Å². The predicted molar refractivity (Wildman–Crippen MR) is 34.0 cm³/mol. The highest BCUT2D eigenvalue weighted by Gasteiger charge is 2.06. The van der Waals surface area contributed by atoms with Crippen LogP contribution in [-0.4, -0.2) is 43.3 Å². The molecule has 5 N–H and O–H groups in total. The summed E-state index contributed by atoms with van der Waals surface area (Å²) in [5, 5.41) is 15.4. The Labute approximate surface area is 66.3 Å². The summed E-state index contributed by atoms with van der Waals surface area (Å²) in [6.45, 7) is -0.921. The van der Waals surface area contributed by atoms with Crippen LogP contribution in [0.2, 0.25) is 0 Å². The van der Waals surface area contributed by atoms with Crippen LogP contribution in [0.25, 0.3) is 0 Å². The molecule has 9 heteroatoms. The summed E-state index contributed by atoms with van der Waals surface area (Å²) < 4.78 is 8.88. The van der Waals surface area contributed by atoms with Gasteiger partial charge in [-0.05, 0) is 0 Å². The summed E-state index contributed by atoms with van der Waals surface area (Å²) in [5.74, 6) is -2.78. The summed E-state index contributed by atoms with van der Waals surface area (Å²) in [7, 11) is -4.64. The van der Waals surface area contributed by atoms with Gasteiger partial charge in [-0.15, -0.1) is 0 Å². The highest BCUT2D eigenvalue weighted by molar-refractivity contribution is 7.45. The third kappa shape index (κ3) is 22.9. The quantitative estimate of drug-likeness (QED) is 0.247. The smallest absolute Gasteiger partial charge is 0.466 e. The molecular weight excluding hydrogens is 195 g/mol. The molecule has 0 heterocycles. The highest BCUT2D eigenvalue weighted by Crippen LogP contribution is 2.25. The molecule has 0 amide bonds. The Morgan fingerprint density at radius 2 is 1.42 bits per heavy atom. The van der Waals surface area contributed by atoms with Gasteiger partial charge in [0.15, 0.2) is 0 Å². The molecule has 0 fully saturated rings. The van der Waals surface area contributed by atoms with Crippen molar-refractivity contribution in [2.75, 3.05) is 6.61 Å². The zero-order valence-electron chi connectivity index (χ0n) is 5.62. The first-order valence-electron chi connectivity index (χ1n) is 2.33. The van der Waals surface area contributed by atoms with Gasteiger partial charge in [0.05, 0.1) is 0 Å².